The summed E-state index contributed by atoms with van der Waals surface area (Å²) in [7, 11) is 0. The van der Waals surface area contributed by atoms with Crippen LogP contribution >= 0.6 is 0 Å². The van der Waals surface area contributed by atoms with Crippen LogP contribution in [0.2, 0.25) is 0 Å². The van der Waals surface area contributed by atoms with Crippen LogP contribution in [0.25, 0.3) is 0 Å². The van der Waals surface area contributed by atoms with Crippen LogP contribution in [-0.2, 0) is 0 Å². The number of hydrogen-bond donors (Lipinski definition) is 1. The lowest BCUT2D eigenvalue weighted by atomic mass is 9.61. The molecule has 3 saturated carbocycles. The average Bonchev–Trinajstić information content (AvgIpc) is 2.51. The van der Waals surface area contributed by atoms with E-state index in [9.17, 15) is 5.11 Å². The summed E-state index contributed by atoms with van der Waals surface area (Å²) < 4.78 is 0. The molecule has 3 fully saturated rings. The van der Waals surface area contributed by atoms with Gasteiger partial charge in [0.2, 0.25) is 0 Å². The van der Waals surface area contributed by atoms with Gasteiger partial charge in [-0.15, -0.1) is 0 Å². The zero-order valence-electron chi connectivity index (χ0n) is 11.2. The highest BCUT2D eigenvalue weighted by Crippen LogP contribution is 2.70. The summed E-state index contributed by atoms with van der Waals surface area (Å²) in [5, 5.41) is 10.6. The maximum Gasteiger partial charge on any atom is 0.0650 e. The third kappa shape index (κ3) is 1.21. The highest BCUT2D eigenvalue weighted by molar-refractivity contribution is 5.13. The summed E-state index contributed by atoms with van der Waals surface area (Å²) in [6.45, 7) is 9.49. The van der Waals surface area contributed by atoms with Crippen LogP contribution in [0.15, 0.2) is 0 Å². The normalized spacial score (nSPS) is 58.7. The van der Waals surface area contributed by atoms with Crippen LogP contribution in [0.3, 0.4) is 0 Å². The first kappa shape index (κ1) is 11.1. The van der Waals surface area contributed by atoms with Crippen LogP contribution in [0.4, 0.5) is 0 Å². The van der Waals surface area contributed by atoms with E-state index in [1.807, 2.05) is 0 Å². The van der Waals surface area contributed by atoms with Gasteiger partial charge in [-0.25, -0.2) is 0 Å². The van der Waals surface area contributed by atoms with Crippen molar-refractivity contribution < 1.29 is 5.11 Å². The molecule has 3 unspecified atom stereocenters. The van der Waals surface area contributed by atoms with E-state index in [0.29, 0.717) is 16.7 Å². The van der Waals surface area contributed by atoms with E-state index in [2.05, 4.69) is 27.7 Å². The van der Waals surface area contributed by atoms with Crippen molar-refractivity contribution in [2.24, 2.45) is 28.6 Å². The molecule has 0 heterocycles. The van der Waals surface area contributed by atoms with Gasteiger partial charge in [-0.2, -0.15) is 0 Å². The molecular weight excluding hydrogens is 196 g/mol. The molecule has 0 bridgehead atoms. The molecule has 3 aliphatic rings. The van der Waals surface area contributed by atoms with E-state index in [0.717, 1.165) is 18.3 Å². The summed E-state index contributed by atoms with van der Waals surface area (Å²) in [6.07, 6.45) is 6.26. The summed E-state index contributed by atoms with van der Waals surface area (Å²) in [5.41, 5.74) is 0.664. The van der Waals surface area contributed by atoms with Crippen LogP contribution in [-0.4, -0.2) is 10.7 Å². The van der Waals surface area contributed by atoms with E-state index >= 15 is 0 Å². The zero-order valence-corrected chi connectivity index (χ0v) is 11.2. The molecule has 0 aromatic carbocycles. The van der Waals surface area contributed by atoms with Crippen molar-refractivity contribution in [3.8, 4) is 0 Å². The Hall–Kier alpha value is -0.0400. The first-order valence-corrected chi connectivity index (χ1v) is 6.99. The highest BCUT2D eigenvalue weighted by atomic mass is 16.3. The van der Waals surface area contributed by atoms with Gasteiger partial charge in [0.15, 0.2) is 0 Å². The molecule has 0 aliphatic heterocycles. The second-order valence-corrected chi connectivity index (χ2v) is 7.99. The lowest BCUT2D eigenvalue weighted by Crippen LogP contribution is -2.46. The Labute approximate surface area is 99.6 Å². The van der Waals surface area contributed by atoms with Gasteiger partial charge in [-0.1, -0.05) is 20.8 Å². The van der Waals surface area contributed by atoms with Gasteiger partial charge in [0.05, 0.1) is 5.60 Å². The van der Waals surface area contributed by atoms with E-state index in [1.54, 1.807) is 0 Å². The summed E-state index contributed by atoms with van der Waals surface area (Å²) in [6, 6.07) is 0. The van der Waals surface area contributed by atoms with Gasteiger partial charge in [-0.05, 0) is 67.6 Å². The standard InChI is InChI=1S/C15H26O/c1-13(2)9-14(3)7-5-11-12(14)10(13)6-8-15(11,4)16/h10-12,16H,5-9H2,1-4H3/t10?,11?,12?,14-,15+/m0/s1. The Morgan fingerprint density at radius 3 is 2.25 bits per heavy atom. The van der Waals surface area contributed by atoms with Crippen molar-refractivity contribution in [2.45, 2.75) is 65.4 Å². The molecule has 1 nitrogen and oxygen atoms in total. The molecule has 0 radical (unpaired) electrons. The first-order chi connectivity index (χ1) is 7.26. The molecule has 0 aromatic rings. The molecule has 1 heteroatoms. The predicted molar refractivity (Wildman–Crippen MR) is 66.1 cm³/mol. The van der Waals surface area contributed by atoms with E-state index in [4.69, 9.17) is 0 Å². The molecule has 0 saturated heterocycles. The molecule has 5 atom stereocenters. The molecule has 3 aliphatic carbocycles. The minimum absolute atomic E-state index is 0.376. The molecule has 0 aromatic heterocycles. The van der Waals surface area contributed by atoms with Crippen molar-refractivity contribution in [1.29, 1.82) is 0 Å². The fraction of sp³-hybridized carbons (Fsp3) is 1.00. The minimum Gasteiger partial charge on any atom is -0.390 e. The van der Waals surface area contributed by atoms with Crippen molar-refractivity contribution in [3.63, 3.8) is 0 Å². The Kier molecular flexibility index (Phi) is 1.98. The van der Waals surface area contributed by atoms with Gasteiger partial charge in [0.1, 0.15) is 0 Å². The second kappa shape index (κ2) is 2.85. The van der Waals surface area contributed by atoms with Crippen LogP contribution in [0.5, 0.6) is 0 Å². The highest BCUT2D eigenvalue weighted by Gasteiger charge is 2.64. The maximum absolute atomic E-state index is 10.6. The van der Waals surface area contributed by atoms with Crippen LogP contribution in [0.1, 0.15) is 59.8 Å². The molecule has 16 heavy (non-hydrogen) atoms. The lowest BCUT2D eigenvalue weighted by molar-refractivity contribution is -0.0822. The Bertz CT molecular complexity index is 315. The van der Waals surface area contributed by atoms with Gasteiger partial charge < -0.3 is 5.11 Å². The first-order valence-electron chi connectivity index (χ1n) is 6.99. The van der Waals surface area contributed by atoms with Crippen molar-refractivity contribution in [3.05, 3.63) is 0 Å². The quantitative estimate of drug-likeness (QED) is 0.664. The van der Waals surface area contributed by atoms with Gasteiger partial charge in [0, 0.05) is 0 Å². The van der Waals surface area contributed by atoms with Crippen molar-refractivity contribution in [2.75, 3.05) is 0 Å². The maximum atomic E-state index is 10.6. The molecule has 1 N–H and O–H groups in total. The van der Waals surface area contributed by atoms with Crippen LogP contribution < -0.4 is 0 Å². The lowest BCUT2D eigenvalue weighted by Gasteiger charge is -2.46. The SMILES string of the molecule is CC1(C)C[C@]2(C)CCC3C2C1CC[C@@]3(C)O. The molecule has 0 amide bonds. The molecule has 92 valence electrons. The average molecular weight is 222 g/mol. The van der Waals surface area contributed by atoms with E-state index in [1.165, 1.54) is 25.7 Å². The number of rotatable bonds is 0. The third-order valence-corrected chi connectivity index (χ3v) is 6.32. The van der Waals surface area contributed by atoms with Gasteiger partial charge in [-0.3, -0.25) is 0 Å². The number of hydrogen-bond acceptors (Lipinski definition) is 1. The summed E-state index contributed by atoms with van der Waals surface area (Å²) in [4.78, 5) is 0. The minimum atomic E-state index is -0.376. The van der Waals surface area contributed by atoms with E-state index < -0.39 is 0 Å². The van der Waals surface area contributed by atoms with Crippen LogP contribution in [0, 0.1) is 28.6 Å². The summed E-state index contributed by atoms with van der Waals surface area (Å²) >= 11 is 0. The monoisotopic (exact) mass is 222 g/mol. The molecule has 3 rings (SSSR count). The summed E-state index contributed by atoms with van der Waals surface area (Å²) in [5.74, 6) is 2.24. The smallest absolute Gasteiger partial charge is 0.0650 e. The van der Waals surface area contributed by atoms with E-state index in [-0.39, 0.29) is 5.60 Å². The molecular formula is C15H26O. The fourth-order valence-corrected chi connectivity index (χ4v) is 5.85. The number of aliphatic hydroxyl groups is 1. The second-order valence-electron chi connectivity index (χ2n) is 7.99. The van der Waals surface area contributed by atoms with Crippen molar-refractivity contribution >= 4 is 0 Å². The largest absolute Gasteiger partial charge is 0.390 e. The zero-order chi connectivity index (χ0) is 11.8. The Morgan fingerprint density at radius 2 is 1.56 bits per heavy atom. The van der Waals surface area contributed by atoms with Crippen molar-refractivity contribution in [1.82, 2.24) is 0 Å². The Balaban J connectivity index is 2.02. The third-order valence-electron chi connectivity index (χ3n) is 6.32. The molecule has 0 spiro atoms. The topological polar surface area (TPSA) is 20.2 Å². The fourth-order valence-electron chi connectivity index (χ4n) is 5.85. The van der Waals surface area contributed by atoms with Gasteiger partial charge >= 0.3 is 0 Å². The van der Waals surface area contributed by atoms with Gasteiger partial charge in [0.25, 0.3) is 0 Å². The Morgan fingerprint density at radius 1 is 0.938 bits per heavy atom. The predicted octanol–water partition coefficient (Wildman–Crippen LogP) is 3.61.